The number of anilines is 2. The van der Waals surface area contributed by atoms with E-state index in [0.717, 1.165) is 35.1 Å². The molecule has 1 N–H and O–H groups in total. The number of piperazine rings is 1. The maximum atomic E-state index is 12.8. The van der Waals surface area contributed by atoms with Crippen molar-refractivity contribution in [3.8, 4) is 5.75 Å². The molecule has 1 fully saturated rings. The summed E-state index contributed by atoms with van der Waals surface area (Å²) in [6, 6.07) is 15.6. The number of hydrogen-bond acceptors (Lipinski definition) is 5. The van der Waals surface area contributed by atoms with Gasteiger partial charge in [-0.25, -0.2) is 0 Å². The molecule has 2 aromatic carbocycles. The van der Waals surface area contributed by atoms with E-state index in [9.17, 15) is 9.59 Å². The van der Waals surface area contributed by atoms with Crippen LogP contribution in [0.3, 0.4) is 0 Å². The fraction of sp³-hybridized carbons (Fsp3) is 0.333. The molecular weight excluding hydrogens is 374 g/mol. The van der Waals surface area contributed by atoms with Crippen LogP contribution < -0.4 is 15.0 Å². The number of hydrogen-bond donors (Lipinski definition) is 1. The van der Waals surface area contributed by atoms with Crippen LogP contribution in [0.1, 0.15) is 6.42 Å². The van der Waals surface area contributed by atoms with Gasteiger partial charge in [-0.1, -0.05) is 24.3 Å². The highest BCUT2D eigenvalue weighted by molar-refractivity contribution is 8.01. The Labute approximate surface area is 168 Å². The fourth-order valence-electron chi connectivity index (χ4n) is 3.60. The second kappa shape index (κ2) is 8.14. The van der Waals surface area contributed by atoms with Crippen molar-refractivity contribution in [3.05, 3.63) is 48.5 Å². The van der Waals surface area contributed by atoms with Crippen LogP contribution in [-0.2, 0) is 9.59 Å². The van der Waals surface area contributed by atoms with Gasteiger partial charge in [-0.3, -0.25) is 9.59 Å². The zero-order chi connectivity index (χ0) is 19.5. The van der Waals surface area contributed by atoms with Crippen molar-refractivity contribution in [1.82, 2.24) is 4.90 Å². The third-order valence-electron chi connectivity index (χ3n) is 5.12. The average molecular weight is 398 g/mol. The molecule has 1 saturated heterocycles. The van der Waals surface area contributed by atoms with Crippen LogP contribution in [-0.4, -0.2) is 55.3 Å². The van der Waals surface area contributed by atoms with Crippen LogP contribution in [0.15, 0.2) is 53.4 Å². The first-order valence-electron chi connectivity index (χ1n) is 9.38. The molecule has 2 aliphatic rings. The molecule has 0 bridgehead atoms. The fourth-order valence-corrected chi connectivity index (χ4v) is 4.70. The highest BCUT2D eigenvalue weighted by Gasteiger charge is 2.31. The number of rotatable bonds is 4. The smallest absolute Gasteiger partial charge is 0.238 e. The van der Waals surface area contributed by atoms with Gasteiger partial charge in [0.25, 0.3) is 0 Å². The maximum absolute atomic E-state index is 12.8. The van der Waals surface area contributed by atoms with Gasteiger partial charge in [-0.05, 0) is 24.3 Å². The van der Waals surface area contributed by atoms with Gasteiger partial charge in [-0.15, -0.1) is 11.8 Å². The topological polar surface area (TPSA) is 61.9 Å². The summed E-state index contributed by atoms with van der Waals surface area (Å²) in [4.78, 5) is 30.3. The van der Waals surface area contributed by atoms with Gasteiger partial charge in [0, 0.05) is 37.5 Å². The van der Waals surface area contributed by atoms with Crippen molar-refractivity contribution in [1.29, 1.82) is 0 Å². The van der Waals surface area contributed by atoms with Gasteiger partial charge in [-0.2, -0.15) is 0 Å². The number of ether oxygens (including phenoxy) is 1. The molecule has 0 radical (unpaired) electrons. The number of para-hydroxylation sites is 3. The van der Waals surface area contributed by atoms with Gasteiger partial charge in [0.15, 0.2) is 0 Å². The Morgan fingerprint density at radius 3 is 2.61 bits per heavy atom. The highest BCUT2D eigenvalue weighted by atomic mass is 32.2. The number of benzene rings is 2. The van der Waals surface area contributed by atoms with Crippen molar-refractivity contribution in [2.45, 2.75) is 16.6 Å². The molecule has 2 aromatic rings. The quantitative estimate of drug-likeness (QED) is 0.860. The van der Waals surface area contributed by atoms with Crippen molar-refractivity contribution >= 4 is 35.0 Å². The predicted molar refractivity (Wildman–Crippen MR) is 111 cm³/mol. The van der Waals surface area contributed by atoms with Crippen LogP contribution in [0, 0.1) is 0 Å². The Balaban J connectivity index is 1.35. The van der Waals surface area contributed by atoms with E-state index in [4.69, 9.17) is 4.74 Å². The lowest BCUT2D eigenvalue weighted by molar-refractivity contribution is -0.132. The minimum absolute atomic E-state index is 0.0340. The van der Waals surface area contributed by atoms with Crippen LogP contribution in [0.2, 0.25) is 0 Å². The standard InChI is InChI=1S/C21H23N3O3S/c1-27-17-8-4-3-7-16(17)23-10-12-24(13-11-23)20(25)14-19-21(26)22-15-6-2-5-9-18(15)28-19/h2-9,19H,10-14H2,1H3,(H,22,26)/t19-/m0/s1. The molecule has 0 unspecified atom stereocenters. The highest BCUT2D eigenvalue weighted by Crippen LogP contribution is 2.37. The Bertz CT molecular complexity index is 881. The van der Waals surface area contributed by atoms with E-state index in [1.54, 1.807) is 7.11 Å². The number of carbonyl (C=O) groups is 2. The number of nitrogens with zero attached hydrogens (tertiary/aromatic N) is 2. The van der Waals surface area contributed by atoms with Gasteiger partial charge in [0.2, 0.25) is 11.8 Å². The third kappa shape index (κ3) is 3.80. The van der Waals surface area contributed by atoms with E-state index in [1.165, 1.54) is 11.8 Å². The number of thioether (sulfide) groups is 1. The molecule has 1 atom stereocenters. The number of methoxy groups -OCH3 is 1. The number of carbonyl (C=O) groups excluding carboxylic acids is 2. The van der Waals surface area contributed by atoms with E-state index >= 15 is 0 Å². The first kappa shape index (κ1) is 18.7. The summed E-state index contributed by atoms with van der Waals surface area (Å²) in [7, 11) is 1.67. The van der Waals surface area contributed by atoms with Crippen LogP contribution in [0.5, 0.6) is 5.75 Å². The minimum atomic E-state index is -0.380. The lowest BCUT2D eigenvalue weighted by atomic mass is 10.2. The molecule has 146 valence electrons. The molecule has 2 heterocycles. The molecule has 7 heteroatoms. The summed E-state index contributed by atoms with van der Waals surface area (Å²) in [6.07, 6.45) is 0.222. The summed E-state index contributed by atoms with van der Waals surface area (Å²) in [5.41, 5.74) is 1.88. The lowest BCUT2D eigenvalue weighted by Crippen LogP contribution is -2.49. The number of nitrogens with one attached hydrogen (secondary N) is 1. The number of amides is 2. The van der Waals surface area contributed by atoms with Crippen LogP contribution >= 0.6 is 11.8 Å². The first-order chi connectivity index (χ1) is 13.7. The maximum Gasteiger partial charge on any atom is 0.238 e. The molecule has 4 rings (SSSR count). The van der Waals surface area contributed by atoms with E-state index in [2.05, 4.69) is 10.2 Å². The van der Waals surface area contributed by atoms with Crippen molar-refractivity contribution in [2.24, 2.45) is 0 Å². The Kier molecular flexibility index (Phi) is 5.43. The molecule has 6 nitrogen and oxygen atoms in total. The summed E-state index contributed by atoms with van der Waals surface area (Å²) in [5.74, 6) is 0.785. The summed E-state index contributed by atoms with van der Waals surface area (Å²) in [5, 5.41) is 2.53. The first-order valence-corrected chi connectivity index (χ1v) is 10.3. The van der Waals surface area contributed by atoms with Crippen LogP contribution in [0.25, 0.3) is 0 Å². The molecule has 0 saturated carbocycles. The molecular formula is C21H23N3O3S. The molecule has 2 aliphatic heterocycles. The second-order valence-electron chi connectivity index (χ2n) is 6.84. The van der Waals surface area contributed by atoms with E-state index in [-0.39, 0.29) is 23.5 Å². The van der Waals surface area contributed by atoms with Crippen molar-refractivity contribution in [3.63, 3.8) is 0 Å². The van der Waals surface area contributed by atoms with Gasteiger partial charge < -0.3 is 19.9 Å². The van der Waals surface area contributed by atoms with Gasteiger partial charge in [0.05, 0.1) is 23.7 Å². The Morgan fingerprint density at radius 2 is 1.82 bits per heavy atom. The SMILES string of the molecule is COc1ccccc1N1CCN(C(=O)C[C@@H]2Sc3ccccc3NC2=O)CC1. The molecule has 0 aliphatic carbocycles. The molecule has 2 amide bonds. The second-order valence-corrected chi connectivity index (χ2v) is 8.08. The Morgan fingerprint density at radius 1 is 1.11 bits per heavy atom. The normalized spacial score (nSPS) is 19.0. The monoisotopic (exact) mass is 397 g/mol. The molecule has 0 spiro atoms. The van der Waals surface area contributed by atoms with Crippen LogP contribution in [0.4, 0.5) is 11.4 Å². The largest absolute Gasteiger partial charge is 0.495 e. The zero-order valence-electron chi connectivity index (χ0n) is 15.8. The predicted octanol–water partition coefficient (Wildman–Crippen LogP) is 2.85. The lowest BCUT2D eigenvalue weighted by Gasteiger charge is -2.37. The third-order valence-corrected chi connectivity index (χ3v) is 6.40. The number of fused-ring (bicyclic) bond motifs is 1. The average Bonchev–Trinajstić information content (AvgIpc) is 2.74. The molecule has 0 aromatic heterocycles. The van der Waals surface area contributed by atoms with Gasteiger partial charge >= 0.3 is 0 Å². The summed E-state index contributed by atoms with van der Waals surface area (Å²) >= 11 is 1.47. The van der Waals surface area contributed by atoms with Crippen molar-refractivity contribution in [2.75, 3.05) is 43.5 Å². The minimum Gasteiger partial charge on any atom is -0.495 e. The van der Waals surface area contributed by atoms with Crippen molar-refractivity contribution < 1.29 is 14.3 Å². The van der Waals surface area contributed by atoms with E-state index < -0.39 is 0 Å². The summed E-state index contributed by atoms with van der Waals surface area (Å²) in [6.45, 7) is 2.79. The van der Waals surface area contributed by atoms with E-state index in [0.29, 0.717) is 13.1 Å². The summed E-state index contributed by atoms with van der Waals surface area (Å²) < 4.78 is 5.44. The van der Waals surface area contributed by atoms with E-state index in [1.807, 2.05) is 53.4 Å². The van der Waals surface area contributed by atoms with Gasteiger partial charge in [0.1, 0.15) is 5.75 Å². The zero-order valence-corrected chi connectivity index (χ0v) is 16.6. The Hall–Kier alpha value is -2.67. The molecule has 28 heavy (non-hydrogen) atoms.